The first-order valence-electron chi connectivity index (χ1n) is 11.4. The van der Waals surface area contributed by atoms with Gasteiger partial charge < -0.3 is 10.0 Å². The standard InChI is InChI=1S/C23H31F2N3O4/c24-18-14-16(17-7-8-20(29)26-23(17)32)15-19(25)22(18)28-12-10-27(11-13-28)9-5-3-1-2-4-6-21(30)31/h14-15,17H,1-13H2,(H,30,31)(H,26,29,32). The molecule has 0 saturated carbocycles. The highest BCUT2D eigenvalue weighted by Crippen LogP contribution is 2.32. The summed E-state index contributed by atoms with van der Waals surface area (Å²) in [7, 11) is 0. The molecule has 1 aromatic rings. The van der Waals surface area contributed by atoms with Gasteiger partial charge in [0.1, 0.15) is 17.3 Å². The molecule has 1 aromatic carbocycles. The van der Waals surface area contributed by atoms with Crippen LogP contribution in [0.5, 0.6) is 0 Å². The summed E-state index contributed by atoms with van der Waals surface area (Å²) in [6, 6.07) is 2.43. The second-order valence-corrected chi connectivity index (χ2v) is 8.58. The van der Waals surface area contributed by atoms with Gasteiger partial charge in [-0.05, 0) is 43.5 Å². The maximum absolute atomic E-state index is 14.8. The van der Waals surface area contributed by atoms with E-state index < -0.39 is 29.4 Å². The van der Waals surface area contributed by atoms with Gasteiger partial charge >= 0.3 is 5.97 Å². The third-order valence-corrected chi connectivity index (χ3v) is 6.23. The van der Waals surface area contributed by atoms with Gasteiger partial charge in [0.2, 0.25) is 11.8 Å². The van der Waals surface area contributed by atoms with Gasteiger partial charge in [-0.1, -0.05) is 19.3 Å². The summed E-state index contributed by atoms with van der Waals surface area (Å²) in [6.45, 7) is 3.39. The third-order valence-electron chi connectivity index (χ3n) is 6.23. The molecule has 0 spiro atoms. The normalized spacial score (nSPS) is 19.8. The van der Waals surface area contributed by atoms with E-state index in [4.69, 9.17) is 5.11 Å². The minimum Gasteiger partial charge on any atom is -0.481 e. The Hall–Kier alpha value is -2.55. The third kappa shape index (κ3) is 6.48. The summed E-state index contributed by atoms with van der Waals surface area (Å²) in [5.41, 5.74) is 0.204. The van der Waals surface area contributed by atoms with Crippen molar-refractivity contribution in [1.82, 2.24) is 10.2 Å². The number of nitrogens with one attached hydrogen (secondary N) is 1. The van der Waals surface area contributed by atoms with E-state index in [1.165, 1.54) is 12.1 Å². The molecule has 2 heterocycles. The average Bonchev–Trinajstić information content (AvgIpc) is 2.73. The number of piperidine rings is 1. The van der Waals surface area contributed by atoms with Crippen LogP contribution in [0, 0.1) is 11.6 Å². The first kappa shape index (κ1) is 24.1. The van der Waals surface area contributed by atoms with Gasteiger partial charge in [-0.2, -0.15) is 0 Å². The van der Waals surface area contributed by atoms with E-state index in [2.05, 4.69) is 10.2 Å². The maximum Gasteiger partial charge on any atom is 0.303 e. The molecule has 7 nitrogen and oxygen atoms in total. The monoisotopic (exact) mass is 451 g/mol. The van der Waals surface area contributed by atoms with Crippen molar-refractivity contribution in [2.45, 2.75) is 57.3 Å². The fraction of sp³-hybridized carbons (Fsp3) is 0.609. The van der Waals surface area contributed by atoms with Gasteiger partial charge in [0.15, 0.2) is 0 Å². The molecular weight excluding hydrogens is 420 g/mol. The molecule has 9 heteroatoms. The summed E-state index contributed by atoms with van der Waals surface area (Å²) in [5, 5.41) is 10.9. The number of halogens is 2. The number of anilines is 1. The lowest BCUT2D eigenvalue weighted by Crippen LogP contribution is -2.47. The average molecular weight is 452 g/mol. The number of unbranched alkanes of at least 4 members (excludes halogenated alkanes) is 4. The molecule has 3 rings (SSSR count). The number of carbonyl (C=O) groups excluding carboxylic acids is 2. The summed E-state index contributed by atoms with van der Waals surface area (Å²) in [6.07, 6.45) is 5.36. The first-order valence-corrected chi connectivity index (χ1v) is 11.4. The number of hydrogen-bond donors (Lipinski definition) is 2. The Morgan fingerprint density at radius 3 is 2.25 bits per heavy atom. The molecule has 2 fully saturated rings. The first-order chi connectivity index (χ1) is 15.3. The molecule has 0 radical (unpaired) electrons. The van der Waals surface area contributed by atoms with Crippen molar-refractivity contribution in [1.29, 1.82) is 0 Å². The van der Waals surface area contributed by atoms with E-state index >= 15 is 0 Å². The topological polar surface area (TPSA) is 89.9 Å². The highest BCUT2D eigenvalue weighted by Gasteiger charge is 2.30. The number of rotatable bonds is 10. The minimum atomic E-state index is -0.749. The van der Waals surface area contributed by atoms with Crippen LogP contribution in [0.25, 0.3) is 0 Å². The number of nitrogens with zero attached hydrogens (tertiary/aromatic N) is 2. The Bertz CT molecular complexity index is 818. The number of piperazine rings is 1. The predicted molar refractivity (Wildman–Crippen MR) is 115 cm³/mol. The Balaban J connectivity index is 1.46. The number of hydrogen-bond acceptors (Lipinski definition) is 5. The van der Waals surface area contributed by atoms with Crippen LogP contribution in [0.4, 0.5) is 14.5 Å². The SMILES string of the molecule is O=C(O)CCCCCCCN1CCN(c2c(F)cc(C3CCC(=O)NC3=O)cc2F)CC1. The van der Waals surface area contributed by atoms with Gasteiger partial charge in [-0.3, -0.25) is 24.6 Å². The van der Waals surface area contributed by atoms with Gasteiger partial charge in [-0.15, -0.1) is 0 Å². The molecule has 2 N–H and O–H groups in total. The Labute approximate surface area is 186 Å². The number of imide groups is 1. The molecule has 2 aliphatic rings. The fourth-order valence-corrected chi connectivity index (χ4v) is 4.44. The van der Waals surface area contributed by atoms with Gasteiger partial charge in [0, 0.05) is 39.0 Å². The molecule has 2 saturated heterocycles. The van der Waals surface area contributed by atoms with Crippen LogP contribution in [0.3, 0.4) is 0 Å². The summed E-state index contributed by atoms with van der Waals surface area (Å²) in [5.74, 6) is -3.70. The molecule has 2 amide bonds. The lowest BCUT2D eigenvalue weighted by molar-refractivity contribution is -0.137. The predicted octanol–water partition coefficient (Wildman–Crippen LogP) is 3.03. The van der Waals surface area contributed by atoms with Crippen molar-refractivity contribution in [3.05, 3.63) is 29.3 Å². The molecule has 0 aromatic heterocycles. The molecule has 0 aliphatic carbocycles. The summed E-state index contributed by atoms with van der Waals surface area (Å²) in [4.78, 5) is 37.8. The molecule has 1 atom stereocenters. The smallest absolute Gasteiger partial charge is 0.303 e. The molecule has 176 valence electrons. The molecule has 2 aliphatic heterocycles. The Morgan fingerprint density at radius 1 is 1.00 bits per heavy atom. The zero-order valence-corrected chi connectivity index (χ0v) is 18.2. The Morgan fingerprint density at radius 2 is 1.62 bits per heavy atom. The van der Waals surface area contributed by atoms with Crippen molar-refractivity contribution in [3.8, 4) is 0 Å². The lowest BCUT2D eigenvalue weighted by atomic mass is 9.90. The van der Waals surface area contributed by atoms with Gasteiger partial charge in [0.05, 0.1) is 5.92 Å². The largest absolute Gasteiger partial charge is 0.481 e. The maximum atomic E-state index is 14.8. The number of carboxylic acid groups (broad SMARTS) is 1. The van der Waals surface area contributed by atoms with Crippen molar-refractivity contribution >= 4 is 23.5 Å². The van der Waals surface area contributed by atoms with Crippen molar-refractivity contribution in [2.75, 3.05) is 37.6 Å². The van der Waals surface area contributed by atoms with E-state index in [9.17, 15) is 23.2 Å². The highest BCUT2D eigenvalue weighted by atomic mass is 19.1. The lowest BCUT2D eigenvalue weighted by Gasteiger charge is -2.36. The van der Waals surface area contributed by atoms with E-state index in [1.807, 2.05) is 0 Å². The van der Waals surface area contributed by atoms with Crippen LogP contribution in [0.2, 0.25) is 0 Å². The van der Waals surface area contributed by atoms with E-state index in [-0.39, 0.29) is 36.4 Å². The van der Waals surface area contributed by atoms with Crippen LogP contribution in [-0.4, -0.2) is 60.5 Å². The number of carboxylic acids is 1. The number of benzene rings is 1. The van der Waals surface area contributed by atoms with Crippen LogP contribution < -0.4 is 10.2 Å². The molecule has 1 unspecified atom stereocenters. The van der Waals surface area contributed by atoms with Crippen LogP contribution in [0.15, 0.2) is 12.1 Å². The van der Waals surface area contributed by atoms with Gasteiger partial charge in [0.25, 0.3) is 0 Å². The zero-order chi connectivity index (χ0) is 23.1. The van der Waals surface area contributed by atoms with Gasteiger partial charge in [-0.25, -0.2) is 8.78 Å². The second kappa shape index (κ2) is 11.4. The molecule has 32 heavy (non-hydrogen) atoms. The van der Waals surface area contributed by atoms with Crippen LogP contribution in [0.1, 0.15) is 62.8 Å². The molecular formula is C23H31F2N3O4. The van der Waals surface area contributed by atoms with E-state index in [0.717, 1.165) is 32.2 Å². The van der Waals surface area contributed by atoms with E-state index in [1.54, 1.807) is 4.90 Å². The quantitative estimate of drug-likeness (QED) is 0.420. The highest BCUT2D eigenvalue weighted by molar-refractivity contribution is 6.00. The Kier molecular flexibility index (Phi) is 8.55. The summed E-state index contributed by atoms with van der Waals surface area (Å²) >= 11 is 0. The number of amides is 2. The molecule has 0 bridgehead atoms. The zero-order valence-electron chi connectivity index (χ0n) is 18.2. The van der Waals surface area contributed by atoms with Crippen LogP contribution >= 0.6 is 0 Å². The number of carbonyl (C=O) groups is 3. The van der Waals surface area contributed by atoms with Crippen molar-refractivity contribution in [3.63, 3.8) is 0 Å². The van der Waals surface area contributed by atoms with Crippen molar-refractivity contribution < 1.29 is 28.3 Å². The second-order valence-electron chi connectivity index (χ2n) is 8.58. The fourth-order valence-electron chi connectivity index (χ4n) is 4.44. The van der Waals surface area contributed by atoms with Crippen LogP contribution in [-0.2, 0) is 14.4 Å². The van der Waals surface area contributed by atoms with Crippen molar-refractivity contribution in [2.24, 2.45) is 0 Å². The number of aliphatic carboxylic acids is 1. The minimum absolute atomic E-state index is 0.0564. The summed E-state index contributed by atoms with van der Waals surface area (Å²) < 4.78 is 29.6. The van der Waals surface area contributed by atoms with E-state index in [0.29, 0.717) is 32.6 Å².